The fraction of sp³-hybridized carbons (Fsp3) is 0.429. The van der Waals surface area contributed by atoms with E-state index in [1.165, 1.54) is 5.56 Å². The van der Waals surface area contributed by atoms with E-state index in [1.807, 2.05) is 32.0 Å². The van der Waals surface area contributed by atoms with Crippen LogP contribution in [0.5, 0.6) is 5.75 Å². The number of hydrogen-bond donors (Lipinski definition) is 1. The molecule has 0 saturated carbocycles. The third-order valence-corrected chi connectivity index (χ3v) is 3.25. The summed E-state index contributed by atoms with van der Waals surface area (Å²) in [6.45, 7) is 4.27. The fourth-order valence-corrected chi connectivity index (χ4v) is 2.15. The summed E-state index contributed by atoms with van der Waals surface area (Å²) < 4.78 is 11.1. The van der Waals surface area contributed by atoms with Crippen LogP contribution < -0.4 is 10.5 Å². The average Bonchev–Trinajstić information content (AvgIpc) is 2.87. The maximum absolute atomic E-state index is 5.96. The van der Waals surface area contributed by atoms with Gasteiger partial charge in [-0.25, -0.2) is 0 Å². The molecule has 1 aliphatic rings. The first-order valence-electron chi connectivity index (χ1n) is 6.38. The van der Waals surface area contributed by atoms with Crippen LogP contribution in [0, 0.1) is 0 Å². The van der Waals surface area contributed by atoms with Gasteiger partial charge in [-0.3, -0.25) is 0 Å². The van der Waals surface area contributed by atoms with E-state index >= 15 is 0 Å². The largest absolute Gasteiger partial charge is 0.492 e. The van der Waals surface area contributed by atoms with Gasteiger partial charge in [-0.15, -0.1) is 0 Å². The highest BCUT2D eigenvalue weighted by Crippen LogP contribution is 2.31. The monoisotopic (exact) mass is 259 g/mol. The molecule has 1 aliphatic heterocycles. The maximum atomic E-state index is 5.96. The number of fused-ring (bicyclic) bond motifs is 1. The van der Waals surface area contributed by atoms with Crippen molar-refractivity contribution in [1.82, 2.24) is 10.1 Å². The zero-order chi connectivity index (χ0) is 13.5. The van der Waals surface area contributed by atoms with Gasteiger partial charge in [-0.1, -0.05) is 23.4 Å². The normalized spacial score (nSPS) is 18.8. The molecule has 0 fully saturated rings. The van der Waals surface area contributed by atoms with Crippen molar-refractivity contribution in [3.05, 3.63) is 41.5 Å². The second kappa shape index (κ2) is 4.35. The quantitative estimate of drug-likeness (QED) is 0.892. The van der Waals surface area contributed by atoms with Crippen LogP contribution in [0.15, 0.2) is 28.8 Å². The van der Waals surface area contributed by atoms with Gasteiger partial charge in [0.25, 0.3) is 0 Å². The molecule has 5 heteroatoms. The van der Waals surface area contributed by atoms with E-state index in [9.17, 15) is 0 Å². The van der Waals surface area contributed by atoms with Crippen molar-refractivity contribution >= 4 is 0 Å². The molecule has 0 amide bonds. The number of benzene rings is 1. The lowest BCUT2D eigenvalue weighted by Gasteiger charge is -2.22. The third kappa shape index (κ3) is 2.33. The van der Waals surface area contributed by atoms with Gasteiger partial charge in [0.2, 0.25) is 5.89 Å². The smallest absolute Gasteiger partial charge is 0.233 e. The zero-order valence-corrected chi connectivity index (χ0v) is 11.1. The standard InChI is InChI=1S/C14H17N3O2/c1-14(2,15)13-16-12(19-17-13)10-7-9-5-3-4-6-11(9)18-8-10/h3-6,10H,7-8,15H2,1-2H3. The molecule has 2 heterocycles. The molecule has 0 spiro atoms. The van der Waals surface area contributed by atoms with E-state index in [0.717, 1.165) is 12.2 Å². The van der Waals surface area contributed by atoms with Crippen LogP contribution in [0.1, 0.15) is 37.0 Å². The van der Waals surface area contributed by atoms with Crippen LogP contribution >= 0.6 is 0 Å². The summed E-state index contributed by atoms with van der Waals surface area (Å²) in [7, 11) is 0. The SMILES string of the molecule is CC(C)(N)c1noc(C2COc3ccccc3C2)n1. The molecule has 19 heavy (non-hydrogen) atoms. The van der Waals surface area contributed by atoms with E-state index in [2.05, 4.69) is 16.2 Å². The number of hydrogen-bond acceptors (Lipinski definition) is 5. The molecule has 1 unspecified atom stereocenters. The van der Waals surface area contributed by atoms with E-state index in [1.54, 1.807) is 0 Å². The highest BCUT2D eigenvalue weighted by molar-refractivity contribution is 5.36. The molecule has 0 radical (unpaired) electrons. The second-order valence-electron chi connectivity index (χ2n) is 5.50. The van der Waals surface area contributed by atoms with Crippen LogP contribution in [-0.2, 0) is 12.0 Å². The summed E-state index contributed by atoms with van der Waals surface area (Å²) in [5.41, 5.74) is 6.54. The van der Waals surface area contributed by atoms with E-state index < -0.39 is 5.54 Å². The second-order valence-corrected chi connectivity index (χ2v) is 5.50. The predicted octanol–water partition coefficient (Wildman–Crippen LogP) is 1.98. The Labute approximate surface area is 111 Å². The molecule has 5 nitrogen and oxygen atoms in total. The summed E-state index contributed by atoms with van der Waals surface area (Å²) >= 11 is 0. The number of ether oxygens (including phenoxy) is 1. The minimum Gasteiger partial charge on any atom is -0.492 e. The first-order chi connectivity index (χ1) is 9.04. The first kappa shape index (κ1) is 12.2. The Morgan fingerprint density at radius 3 is 2.84 bits per heavy atom. The van der Waals surface area contributed by atoms with Gasteiger partial charge in [-0.05, 0) is 31.9 Å². The summed E-state index contributed by atoms with van der Waals surface area (Å²) in [5.74, 6) is 2.17. The Kier molecular flexibility index (Phi) is 2.78. The Hall–Kier alpha value is -1.88. The van der Waals surface area contributed by atoms with Crippen molar-refractivity contribution < 1.29 is 9.26 Å². The molecule has 0 bridgehead atoms. The number of aromatic nitrogens is 2. The summed E-state index contributed by atoms with van der Waals surface area (Å²) in [6.07, 6.45) is 0.850. The Bertz CT molecular complexity index is 586. The molecule has 2 aromatic rings. The van der Waals surface area contributed by atoms with Gasteiger partial charge in [-0.2, -0.15) is 4.98 Å². The molecule has 1 atom stereocenters. The van der Waals surface area contributed by atoms with Gasteiger partial charge >= 0.3 is 0 Å². The van der Waals surface area contributed by atoms with E-state index in [0.29, 0.717) is 18.3 Å². The molecule has 100 valence electrons. The topological polar surface area (TPSA) is 74.2 Å². The number of rotatable bonds is 2. The van der Waals surface area contributed by atoms with Gasteiger partial charge < -0.3 is 15.0 Å². The summed E-state index contributed by atoms with van der Waals surface area (Å²) in [6, 6.07) is 8.02. The average molecular weight is 259 g/mol. The minimum absolute atomic E-state index is 0.0958. The Morgan fingerprint density at radius 2 is 2.11 bits per heavy atom. The highest BCUT2D eigenvalue weighted by Gasteiger charge is 2.28. The van der Waals surface area contributed by atoms with Crippen molar-refractivity contribution in [2.24, 2.45) is 5.73 Å². The predicted molar refractivity (Wildman–Crippen MR) is 69.9 cm³/mol. The molecule has 2 N–H and O–H groups in total. The highest BCUT2D eigenvalue weighted by atomic mass is 16.5. The van der Waals surface area contributed by atoms with Gasteiger partial charge in [0.05, 0.1) is 11.5 Å². The van der Waals surface area contributed by atoms with Crippen molar-refractivity contribution in [1.29, 1.82) is 0 Å². The third-order valence-electron chi connectivity index (χ3n) is 3.25. The van der Waals surface area contributed by atoms with Gasteiger partial charge in [0.15, 0.2) is 5.82 Å². The summed E-state index contributed by atoms with van der Waals surface area (Å²) in [4.78, 5) is 4.40. The number of nitrogens with two attached hydrogens (primary N) is 1. The Morgan fingerprint density at radius 1 is 1.32 bits per heavy atom. The van der Waals surface area contributed by atoms with Crippen molar-refractivity contribution in [2.45, 2.75) is 31.7 Å². The number of nitrogens with zero attached hydrogens (tertiary/aromatic N) is 2. The van der Waals surface area contributed by atoms with Crippen LogP contribution in [0.2, 0.25) is 0 Å². The zero-order valence-electron chi connectivity index (χ0n) is 11.1. The fourth-order valence-electron chi connectivity index (χ4n) is 2.15. The molecule has 0 saturated heterocycles. The molecule has 1 aromatic heterocycles. The van der Waals surface area contributed by atoms with Crippen molar-refractivity contribution in [3.63, 3.8) is 0 Å². The van der Waals surface area contributed by atoms with Crippen molar-refractivity contribution in [3.8, 4) is 5.75 Å². The lowest BCUT2D eigenvalue weighted by molar-refractivity contribution is 0.230. The molecule has 0 aliphatic carbocycles. The lowest BCUT2D eigenvalue weighted by atomic mass is 9.96. The molecule has 3 rings (SSSR count). The van der Waals surface area contributed by atoms with Crippen molar-refractivity contribution in [2.75, 3.05) is 6.61 Å². The first-order valence-corrected chi connectivity index (χ1v) is 6.38. The van der Waals surface area contributed by atoms with E-state index in [-0.39, 0.29) is 5.92 Å². The molecular formula is C14H17N3O2. The van der Waals surface area contributed by atoms with Crippen LogP contribution in [0.3, 0.4) is 0 Å². The minimum atomic E-state index is -0.588. The summed E-state index contributed by atoms with van der Waals surface area (Å²) in [5, 5.41) is 3.95. The van der Waals surface area contributed by atoms with Crippen LogP contribution in [-0.4, -0.2) is 16.7 Å². The Balaban J connectivity index is 1.83. The lowest BCUT2D eigenvalue weighted by Crippen LogP contribution is -2.30. The van der Waals surface area contributed by atoms with Crippen LogP contribution in [0.4, 0.5) is 0 Å². The number of para-hydroxylation sites is 1. The molecular weight excluding hydrogens is 242 g/mol. The molecule has 1 aromatic carbocycles. The van der Waals surface area contributed by atoms with Crippen LogP contribution in [0.25, 0.3) is 0 Å². The van der Waals surface area contributed by atoms with Gasteiger partial charge in [0, 0.05) is 0 Å². The maximum Gasteiger partial charge on any atom is 0.233 e. The van der Waals surface area contributed by atoms with Gasteiger partial charge in [0.1, 0.15) is 12.4 Å². The van der Waals surface area contributed by atoms with E-state index in [4.69, 9.17) is 15.0 Å².